The number of ether oxygens (including phenoxy) is 5. The van der Waals surface area contributed by atoms with Gasteiger partial charge in [-0.25, -0.2) is 8.42 Å². The van der Waals surface area contributed by atoms with Crippen LogP contribution in [-0.2, 0) is 25.0 Å². The third-order valence-corrected chi connectivity index (χ3v) is 9.10. The summed E-state index contributed by atoms with van der Waals surface area (Å²) in [7, 11) is 1.50. The van der Waals surface area contributed by atoms with Crippen LogP contribution in [-0.4, -0.2) is 69.1 Å². The van der Waals surface area contributed by atoms with Crippen LogP contribution in [0, 0.1) is 0 Å². The summed E-state index contributed by atoms with van der Waals surface area (Å²) in [6.45, 7) is 0.984. The maximum absolute atomic E-state index is 14.1. The van der Waals surface area contributed by atoms with Gasteiger partial charge in [0.05, 0.1) is 39.0 Å². The van der Waals surface area contributed by atoms with Gasteiger partial charge in [0.2, 0.25) is 5.91 Å². The molecule has 220 valence electrons. The smallest absolute Gasteiger partial charge is 0.265 e. The van der Waals surface area contributed by atoms with Crippen LogP contribution in [0.15, 0.2) is 71.6 Å². The molecule has 1 amide bonds. The second kappa shape index (κ2) is 13.1. The van der Waals surface area contributed by atoms with Crippen LogP contribution >= 0.6 is 0 Å². The van der Waals surface area contributed by atoms with E-state index in [1.165, 1.54) is 52.7 Å². The number of nitrogens with one attached hydrogen (secondary N) is 1. The van der Waals surface area contributed by atoms with Crippen LogP contribution in [0.4, 0.5) is 5.69 Å². The van der Waals surface area contributed by atoms with E-state index in [0.29, 0.717) is 31.3 Å². The monoisotopic (exact) mass is 584 g/mol. The Hall–Kier alpha value is -3.96. The highest BCUT2D eigenvalue weighted by atomic mass is 32.2. The highest BCUT2D eigenvalue weighted by molar-refractivity contribution is 7.92. The summed E-state index contributed by atoms with van der Waals surface area (Å²) in [5, 5.41) is 3.01. The molecule has 0 aromatic heterocycles. The Morgan fingerprint density at radius 3 is 2.15 bits per heavy atom. The van der Waals surface area contributed by atoms with Gasteiger partial charge in [-0.3, -0.25) is 9.10 Å². The number of carbonyl (C=O) groups is 1. The lowest BCUT2D eigenvalue weighted by molar-refractivity contribution is -0.120. The number of sulfonamides is 1. The first kappa shape index (κ1) is 30.0. The molecule has 0 unspecified atom stereocenters. The number of hydrogen-bond acceptors (Lipinski definition) is 8. The van der Waals surface area contributed by atoms with E-state index >= 15 is 0 Å². The van der Waals surface area contributed by atoms with Crippen LogP contribution in [0.2, 0.25) is 0 Å². The van der Waals surface area contributed by atoms with Crippen molar-refractivity contribution in [3.63, 3.8) is 0 Å². The van der Waals surface area contributed by atoms with Crippen LogP contribution in [0.3, 0.4) is 0 Å². The summed E-state index contributed by atoms with van der Waals surface area (Å²) >= 11 is 0. The summed E-state index contributed by atoms with van der Waals surface area (Å²) in [5.74, 6) is 0.796. The molecule has 10 nitrogen and oxygen atoms in total. The first-order valence-electron chi connectivity index (χ1n) is 13.1. The first-order valence-corrected chi connectivity index (χ1v) is 14.6. The van der Waals surface area contributed by atoms with E-state index in [4.69, 9.17) is 23.7 Å². The minimum atomic E-state index is -4.29. The molecule has 0 atom stereocenters. The molecule has 4 rings (SSSR count). The van der Waals surface area contributed by atoms with Crippen LogP contribution in [0.5, 0.6) is 23.0 Å². The molecule has 0 spiro atoms. The van der Waals surface area contributed by atoms with E-state index in [9.17, 15) is 13.2 Å². The Labute approximate surface area is 241 Å². The Bertz CT molecular complexity index is 1440. The van der Waals surface area contributed by atoms with E-state index in [2.05, 4.69) is 5.32 Å². The van der Waals surface area contributed by atoms with Gasteiger partial charge in [-0.15, -0.1) is 0 Å². The summed E-state index contributed by atoms with van der Waals surface area (Å²) in [4.78, 5) is 13.4. The number of hydrogen-bond donors (Lipinski definition) is 1. The number of nitrogens with zero attached hydrogens (tertiary/aromatic N) is 1. The van der Waals surface area contributed by atoms with Crippen LogP contribution in [0.25, 0.3) is 0 Å². The lowest BCUT2D eigenvalue weighted by atomic mass is 9.74. The normalized spacial score (nSPS) is 14.5. The van der Waals surface area contributed by atoms with Gasteiger partial charge < -0.3 is 29.0 Å². The molecule has 0 radical (unpaired) electrons. The number of rotatable bonds is 12. The maximum Gasteiger partial charge on any atom is 0.265 e. The van der Waals surface area contributed by atoms with Crippen LogP contribution in [0.1, 0.15) is 18.4 Å². The Morgan fingerprint density at radius 2 is 1.51 bits per heavy atom. The second-order valence-corrected chi connectivity index (χ2v) is 11.5. The molecular formula is C30H36N2O8S. The SMILES string of the molecule is COc1ccc(OC)c(N(CC(=O)NCC2(c3ccccc3)CCOCC2)S(=O)(=O)c2ccc(OC)c(OC)c2)c1. The van der Waals surface area contributed by atoms with Crippen molar-refractivity contribution < 1.29 is 36.9 Å². The van der Waals surface area contributed by atoms with E-state index in [0.717, 1.165) is 22.7 Å². The molecular weight excluding hydrogens is 548 g/mol. The largest absolute Gasteiger partial charge is 0.497 e. The van der Waals surface area contributed by atoms with Crippen molar-refractivity contribution in [2.24, 2.45) is 0 Å². The Morgan fingerprint density at radius 1 is 0.854 bits per heavy atom. The zero-order valence-electron chi connectivity index (χ0n) is 23.7. The van der Waals surface area contributed by atoms with Crippen molar-refractivity contribution in [3.8, 4) is 23.0 Å². The van der Waals surface area contributed by atoms with Crippen molar-refractivity contribution in [3.05, 3.63) is 72.3 Å². The van der Waals surface area contributed by atoms with Crippen molar-refractivity contribution in [1.29, 1.82) is 0 Å². The zero-order chi connectivity index (χ0) is 29.5. The van der Waals surface area contributed by atoms with E-state index in [1.54, 1.807) is 12.1 Å². The maximum atomic E-state index is 14.1. The van der Waals surface area contributed by atoms with Gasteiger partial charge in [-0.2, -0.15) is 0 Å². The number of carbonyl (C=O) groups excluding carboxylic acids is 1. The number of amides is 1. The summed E-state index contributed by atoms with van der Waals surface area (Å²) in [6, 6.07) is 19.0. The Kier molecular flexibility index (Phi) is 9.61. The average molecular weight is 585 g/mol. The van der Waals surface area contributed by atoms with Crippen molar-refractivity contribution in [2.45, 2.75) is 23.2 Å². The van der Waals surface area contributed by atoms with Gasteiger partial charge in [-0.1, -0.05) is 30.3 Å². The molecule has 11 heteroatoms. The van der Waals surface area contributed by atoms with Crippen molar-refractivity contribution in [2.75, 3.05) is 59.0 Å². The fourth-order valence-corrected chi connectivity index (χ4v) is 6.41. The average Bonchev–Trinajstić information content (AvgIpc) is 3.02. The summed E-state index contributed by atoms with van der Waals surface area (Å²) in [6.07, 6.45) is 1.46. The highest BCUT2D eigenvalue weighted by Gasteiger charge is 2.36. The van der Waals surface area contributed by atoms with E-state index in [-0.39, 0.29) is 27.5 Å². The minimum Gasteiger partial charge on any atom is -0.497 e. The van der Waals surface area contributed by atoms with Gasteiger partial charge in [0.25, 0.3) is 10.0 Å². The van der Waals surface area contributed by atoms with Gasteiger partial charge in [0, 0.05) is 37.3 Å². The topological polar surface area (TPSA) is 113 Å². The molecule has 41 heavy (non-hydrogen) atoms. The van der Waals surface area contributed by atoms with E-state index < -0.39 is 22.5 Å². The molecule has 0 aliphatic carbocycles. The van der Waals surface area contributed by atoms with Crippen molar-refractivity contribution in [1.82, 2.24) is 5.32 Å². The quantitative estimate of drug-likeness (QED) is 0.342. The van der Waals surface area contributed by atoms with Gasteiger partial charge in [-0.05, 0) is 42.7 Å². The predicted molar refractivity (Wildman–Crippen MR) is 155 cm³/mol. The van der Waals surface area contributed by atoms with Crippen molar-refractivity contribution >= 4 is 21.6 Å². The number of anilines is 1. The molecule has 3 aromatic carbocycles. The summed E-state index contributed by atoms with van der Waals surface area (Å²) < 4.78 is 56.4. The van der Waals surface area contributed by atoms with Gasteiger partial charge in [0.15, 0.2) is 11.5 Å². The molecule has 3 aromatic rings. The highest BCUT2D eigenvalue weighted by Crippen LogP contribution is 2.38. The second-order valence-electron chi connectivity index (χ2n) is 9.60. The standard InChI is InChI=1S/C30H36N2O8S/c1-36-23-10-12-26(37-2)25(18-23)32(41(34,35)24-11-13-27(38-3)28(19-24)39-4)20-29(33)31-21-30(14-16-40-17-15-30)22-8-6-5-7-9-22/h5-13,18-19H,14-17,20-21H2,1-4H3,(H,31,33). The lowest BCUT2D eigenvalue weighted by Gasteiger charge is -2.38. The zero-order valence-corrected chi connectivity index (χ0v) is 24.5. The lowest BCUT2D eigenvalue weighted by Crippen LogP contribution is -2.48. The fraction of sp³-hybridized carbons (Fsp3) is 0.367. The van der Waals surface area contributed by atoms with Gasteiger partial charge in [0.1, 0.15) is 18.0 Å². The molecule has 1 aliphatic rings. The van der Waals surface area contributed by atoms with E-state index in [1.807, 2.05) is 30.3 Å². The molecule has 1 aliphatic heterocycles. The molecule has 1 N–H and O–H groups in total. The first-order chi connectivity index (χ1) is 19.8. The molecule has 1 fully saturated rings. The minimum absolute atomic E-state index is 0.0852. The summed E-state index contributed by atoms with van der Waals surface area (Å²) in [5.41, 5.74) is 0.934. The fourth-order valence-electron chi connectivity index (χ4n) is 4.97. The molecule has 1 heterocycles. The third kappa shape index (κ3) is 6.52. The molecule has 0 bridgehead atoms. The Balaban J connectivity index is 1.69. The van der Waals surface area contributed by atoms with Gasteiger partial charge >= 0.3 is 0 Å². The third-order valence-electron chi connectivity index (χ3n) is 7.34. The predicted octanol–water partition coefficient (Wildman–Crippen LogP) is 3.78. The van der Waals surface area contributed by atoms with Crippen LogP contribution < -0.4 is 28.6 Å². The molecule has 0 saturated carbocycles. The number of methoxy groups -OCH3 is 4. The number of benzene rings is 3. The molecule has 1 saturated heterocycles.